The highest BCUT2D eigenvalue weighted by atomic mass is 35.5. The molecule has 0 bridgehead atoms. The van der Waals surface area contributed by atoms with Crippen LogP contribution in [-0.2, 0) is 0 Å². The summed E-state index contributed by atoms with van der Waals surface area (Å²) in [6, 6.07) is 9.81. The van der Waals surface area contributed by atoms with Gasteiger partial charge in [0.2, 0.25) is 0 Å². The van der Waals surface area contributed by atoms with Crippen LogP contribution in [0.5, 0.6) is 5.75 Å². The van der Waals surface area contributed by atoms with Gasteiger partial charge in [0, 0.05) is 11.8 Å². The Bertz CT molecular complexity index is 671. The van der Waals surface area contributed by atoms with Crippen molar-refractivity contribution >= 4 is 28.9 Å². The maximum Gasteiger partial charge on any atom is 0.288 e. The first kappa shape index (κ1) is 13.8. The standard InChI is InChI=1S/C13H9ClN2O4/c14-12-10(2-1-3-11(12)16(19)20)13(18)15-8-4-6-9(17)7-5-8/h1-7,17H,(H,15,18). The zero-order chi connectivity index (χ0) is 14.7. The molecule has 0 fully saturated rings. The molecule has 0 aliphatic rings. The molecule has 20 heavy (non-hydrogen) atoms. The van der Waals surface area contributed by atoms with Crippen LogP contribution < -0.4 is 5.32 Å². The fourth-order valence-corrected chi connectivity index (χ4v) is 1.86. The minimum atomic E-state index is -0.653. The van der Waals surface area contributed by atoms with Gasteiger partial charge in [0.25, 0.3) is 11.6 Å². The van der Waals surface area contributed by atoms with Crippen LogP contribution in [0.3, 0.4) is 0 Å². The second kappa shape index (κ2) is 5.58. The van der Waals surface area contributed by atoms with E-state index in [1.165, 1.54) is 42.5 Å². The smallest absolute Gasteiger partial charge is 0.288 e. The second-order valence-electron chi connectivity index (χ2n) is 3.90. The minimum absolute atomic E-state index is 0.00828. The summed E-state index contributed by atoms with van der Waals surface area (Å²) in [6.45, 7) is 0. The van der Waals surface area contributed by atoms with E-state index in [4.69, 9.17) is 16.7 Å². The molecule has 2 aromatic rings. The van der Waals surface area contributed by atoms with Gasteiger partial charge < -0.3 is 10.4 Å². The lowest BCUT2D eigenvalue weighted by atomic mass is 10.2. The van der Waals surface area contributed by atoms with Crippen molar-refractivity contribution < 1.29 is 14.8 Å². The van der Waals surface area contributed by atoms with Crippen molar-refractivity contribution in [1.29, 1.82) is 0 Å². The van der Waals surface area contributed by atoms with Crippen LogP contribution in [-0.4, -0.2) is 15.9 Å². The Morgan fingerprint density at radius 1 is 1.20 bits per heavy atom. The SMILES string of the molecule is O=C(Nc1ccc(O)cc1)c1cccc([N+](=O)[O-])c1Cl. The highest BCUT2D eigenvalue weighted by Gasteiger charge is 2.19. The van der Waals surface area contributed by atoms with Crippen molar-refractivity contribution in [3.8, 4) is 5.75 Å². The summed E-state index contributed by atoms with van der Waals surface area (Å²) in [5, 5.41) is 22.2. The molecule has 7 heteroatoms. The molecule has 0 unspecified atom stereocenters. The van der Waals surface area contributed by atoms with Crippen molar-refractivity contribution in [1.82, 2.24) is 0 Å². The Balaban J connectivity index is 2.28. The number of nitrogens with one attached hydrogen (secondary N) is 1. The molecule has 0 aromatic heterocycles. The predicted octanol–water partition coefficient (Wildman–Crippen LogP) is 3.21. The van der Waals surface area contributed by atoms with E-state index in [1.54, 1.807) is 0 Å². The Morgan fingerprint density at radius 2 is 1.85 bits per heavy atom. The number of anilines is 1. The highest BCUT2D eigenvalue weighted by Crippen LogP contribution is 2.28. The molecule has 2 aromatic carbocycles. The lowest BCUT2D eigenvalue weighted by Crippen LogP contribution is -2.12. The topological polar surface area (TPSA) is 92.5 Å². The van der Waals surface area contributed by atoms with Crippen LogP contribution in [0.15, 0.2) is 42.5 Å². The summed E-state index contributed by atoms with van der Waals surface area (Å²) in [5.74, 6) is -0.499. The number of carbonyl (C=O) groups is 1. The molecule has 0 spiro atoms. The molecule has 0 heterocycles. The lowest BCUT2D eigenvalue weighted by molar-refractivity contribution is -0.384. The number of rotatable bonds is 3. The second-order valence-corrected chi connectivity index (χ2v) is 4.27. The van der Waals surface area contributed by atoms with E-state index in [2.05, 4.69) is 5.32 Å². The summed E-state index contributed by atoms with van der Waals surface area (Å²) in [5.41, 5.74) is 0.120. The van der Waals surface area contributed by atoms with E-state index < -0.39 is 10.8 Å². The Kier molecular flexibility index (Phi) is 3.86. The fourth-order valence-electron chi connectivity index (χ4n) is 1.58. The predicted molar refractivity (Wildman–Crippen MR) is 74.2 cm³/mol. The van der Waals surface area contributed by atoms with Gasteiger partial charge in [-0.25, -0.2) is 0 Å². The molecule has 0 aliphatic carbocycles. The average Bonchev–Trinajstić information content (AvgIpc) is 2.41. The van der Waals surface area contributed by atoms with E-state index in [-0.39, 0.29) is 22.0 Å². The molecule has 2 N–H and O–H groups in total. The number of carbonyl (C=O) groups excluding carboxylic acids is 1. The van der Waals surface area contributed by atoms with Gasteiger partial charge in [0.05, 0.1) is 10.5 Å². The van der Waals surface area contributed by atoms with Crippen molar-refractivity contribution in [2.24, 2.45) is 0 Å². The number of nitro benzene ring substituents is 1. The molecule has 0 saturated heterocycles. The Morgan fingerprint density at radius 3 is 2.45 bits per heavy atom. The van der Waals surface area contributed by atoms with Crippen molar-refractivity contribution in [2.45, 2.75) is 0 Å². The van der Waals surface area contributed by atoms with Crippen LogP contribution in [0, 0.1) is 10.1 Å². The number of benzene rings is 2. The average molecular weight is 293 g/mol. The third-order valence-electron chi connectivity index (χ3n) is 2.54. The molecule has 0 aliphatic heterocycles. The first-order valence-electron chi connectivity index (χ1n) is 5.52. The molecule has 2 rings (SSSR count). The van der Waals surface area contributed by atoms with Gasteiger partial charge in [0.15, 0.2) is 0 Å². The normalized spacial score (nSPS) is 10.1. The molecular weight excluding hydrogens is 284 g/mol. The summed E-state index contributed by atoms with van der Waals surface area (Å²) in [7, 11) is 0. The highest BCUT2D eigenvalue weighted by molar-refractivity contribution is 6.36. The first-order valence-corrected chi connectivity index (χ1v) is 5.90. The maximum absolute atomic E-state index is 12.0. The van der Waals surface area contributed by atoms with Crippen molar-refractivity contribution in [3.63, 3.8) is 0 Å². The molecule has 102 valence electrons. The Hall–Kier alpha value is -2.60. The lowest BCUT2D eigenvalue weighted by Gasteiger charge is -2.07. The van der Waals surface area contributed by atoms with Gasteiger partial charge in [-0.1, -0.05) is 17.7 Å². The largest absolute Gasteiger partial charge is 0.508 e. The molecule has 6 nitrogen and oxygen atoms in total. The number of phenols is 1. The van der Waals surface area contributed by atoms with Gasteiger partial charge in [-0.3, -0.25) is 14.9 Å². The molecule has 1 amide bonds. The summed E-state index contributed by atoms with van der Waals surface area (Å²) in [6.07, 6.45) is 0. The zero-order valence-corrected chi connectivity index (χ0v) is 10.8. The number of hydrogen-bond donors (Lipinski definition) is 2. The number of phenolic OH excluding ortho intramolecular Hbond substituents is 1. The van der Waals surface area contributed by atoms with Crippen LogP contribution in [0.2, 0.25) is 5.02 Å². The van der Waals surface area contributed by atoms with Crippen molar-refractivity contribution in [3.05, 3.63) is 63.2 Å². The van der Waals surface area contributed by atoms with E-state index in [0.717, 1.165) is 0 Å². The number of nitro groups is 1. The van der Waals surface area contributed by atoms with E-state index >= 15 is 0 Å². The van der Waals surface area contributed by atoms with Gasteiger partial charge in [-0.05, 0) is 30.3 Å². The maximum atomic E-state index is 12.0. The third-order valence-corrected chi connectivity index (χ3v) is 2.94. The number of aromatic hydroxyl groups is 1. The van der Waals surface area contributed by atoms with Crippen LogP contribution >= 0.6 is 11.6 Å². The minimum Gasteiger partial charge on any atom is -0.508 e. The quantitative estimate of drug-likeness (QED) is 0.516. The van der Waals surface area contributed by atoms with Gasteiger partial charge in [-0.15, -0.1) is 0 Å². The van der Waals surface area contributed by atoms with E-state index in [0.29, 0.717) is 5.69 Å². The zero-order valence-electron chi connectivity index (χ0n) is 10.0. The summed E-state index contributed by atoms with van der Waals surface area (Å²) in [4.78, 5) is 22.1. The molecular formula is C13H9ClN2O4. The number of nitrogens with zero attached hydrogens (tertiary/aromatic N) is 1. The fraction of sp³-hybridized carbons (Fsp3) is 0. The van der Waals surface area contributed by atoms with Gasteiger partial charge in [0.1, 0.15) is 10.8 Å². The van der Waals surface area contributed by atoms with Crippen LogP contribution in [0.4, 0.5) is 11.4 Å². The monoisotopic (exact) mass is 292 g/mol. The van der Waals surface area contributed by atoms with Crippen LogP contribution in [0.1, 0.15) is 10.4 Å². The van der Waals surface area contributed by atoms with Crippen LogP contribution in [0.25, 0.3) is 0 Å². The number of amides is 1. The first-order chi connectivity index (χ1) is 9.49. The molecule has 0 saturated carbocycles. The van der Waals surface area contributed by atoms with Gasteiger partial charge in [-0.2, -0.15) is 0 Å². The Labute approximate surface area is 118 Å². The summed E-state index contributed by atoms with van der Waals surface area (Å²) < 4.78 is 0. The molecule has 0 radical (unpaired) electrons. The van der Waals surface area contributed by atoms with Gasteiger partial charge >= 0.3 is 0 Å². The third kappa shape index (κ3) is 2.86. The van der Waals surface area contributed by atoms with Crippen molar-refractivity contribution in [2.75, 3.05) is 5.32 Å². The van der Waals surface area contributed by atoms with E-state index in [1.807, 2.05) is 0 Å². The summed E-state index contributed by atoms with van der Waals surface area (Å²) >= 11 is 5.85. The number of hydrogen-bond acceptors (Lipinski definition) is 4. The molecule has 0 atom stereocenters. The number of halogens is 1. The van der Waals surface area contributed by atoms with E-state index in [9.17, 15) is 14.9 Å².